The van der Waals surface area contributed by atoms with Gasteiger partial charge in [-0.25, -0.2) is 9.97 Å². The van der Waals surface area contributed by atoms with E-state index in [4.69, 9.17) is 0 Å². The molecule has 1 amide bonds. The Balaban J connectivity index is 1.69. The first-order chi connectivity index (χ1) is 11.2. The first-order valence-electron chi connectivity index (χ1n) is 8.54. The van der Waals surface area contributed by atoms with Crippen LogP contribution < -0.4 is 10.2 Å². The maximum atomic E-state index is 12.7. The summed E-state index contributed by atoms with van der Waals surface area (Å²) in [5.41, 5.74) is 1.03. The van der Waals surface area contributed by atoms with E-state index in [1.165, 1.54) is 37.0 Å². The molecular formula is C17H22N4OS. The van der Waals surface area contributed by atoms with Crippen molar-refractivity contribution in [3.63, 3.8) is 0 Å². The predicted octanol–water partition coefficient (Wildman–Crippen LogP) is 3.27. The molecule has 0 bridgehead atoms. The highest BCUT2D eigenvalue weighted by atomic mass is 32.1. The predicted molar refractivity (Wildman–Crippen MR) is 93.3 cm³/mol. The molecule has 1 aliphatic carbocycles. The second-order valence-electron chi connectivity index (χ2n) is 6.58. The molecule has 0 radical (unpaired) electrons. The molecule has 2 aromatic heterocycles. The highest BCUT2D eigenvalue weighted by Crippen LogP contribution is 2.36. The minimum Gasteiger partial charge on any atom is -0.356 e. The first-order valence-corrected chi connectivity index (χ1v) is 9.35. The van der Waals surface area contributed by atoms with E-state index in [0.717, 1.165) is 52.4 Å². The molecule has 3 heterocycles. The topological polar surface area (TPSA) is 58.1 Å². The summed E-state index contributed by atoms with van der Waals surface area (Å²) in [7, 11) is 0. The number of aryl methyl sites for hydroxylation is 1. The van der Waals surface area contributed by atoms with Crippen molar-refractivity contribution in [1.82, 2.24) is 15.3 Å². The van der Waals surface area contributed by atoms with Crippen molar-refractivity contribution in [2.75, 3.05) is 18.0 Å². The summed E-state index contributed by atoms with van der Waals surface area (Å²) in [5, 5.41) is 4.26. The van der Waals surface area contributed by atoms with Crippen LogP contribution in [-0.4, -0.2) is 35.0 Å². The quantitative estimate of drug-likeness (QED) is 0.938. The van der Waals surface area contributed by atoms with E-state index in [1.54, 1.807) is 6.33 Å². The number of fused-ring (bicyclic) bond motifs is 1. The van der Waals surface area contributed by atoms with Gasteiger partial charge in [0.15, 0.2) is 0 Å². The van der Waals surface area contributed by atoms with Crippen LogP contribution in [0.15, 0.2) is 6.33 Å². The monoisotopic (exact) mass is 330 g/mol. The molecule has 0 atom stereocenters. The van der Waals surface area contributed by atoms with E-state index in [1.807, 2.05) is 6.92 Å². The molecule has 23 heavy (non-hydrogen) atoms. The van der Waals surface area contributed by atoms with E-state index < -0.39 is 0 Å². The largest absolute Gasteiger partial charge is 0.356 e. The van der Waals surface area contributed by atoms with Crippen LogP contribution in [0.4, 0.5) is 5.82 Å². The number of aromatic nitrogens is 2. The number of rotatable bonds is 3. The Labute approximate surface area is 140 Å². The first kappa shape index (κ1) is 14.9. The van der Waals surface area contributed by atoms with E-state index in [9.17, 15) is 4.79 Å². The third-order valence-electron chi connectivity index (χ3n) is 5.01. The number of hydrogen-bond donors (Lipinski definition) is 1. The molecule has 2 aromatic rings. The van der Waals surface area contributed by atoms with Crippen molar-refractivity contribution >= 4 is 33.3 Å². The molecule has 1 saturated heterocycles. The van der Waals surface area contributed by atoms with Gasteiger partial charge in [-0.2, -0.15) is 0 Å². The number of nitrogens with one attached hydrogen (secondary N) is 1. The summed E-state index contributed by atoms with van der Waals surface area (Å²) < 4.78 is 0. The van der Waals surface area contributed by atoms with Gasteiger partial charge < -0.3 is 10.2 Å². The van der Waals surface area contributed by atoms with E-state index in [-0.39, 0.29) is 5.91 Å². The average Bonchev–Trinajstić information content (AvgIpc) is 3.28. The molecule has 122 valence electrons. The number of nitrogens with zero attached hydrogens (tertiary/aromatic N) is 3. The number of amides is 1. The Morgan fingerprint density at radius 3 is 2.70 bits per heavy atom. The molecule has 0 spiro atoms. The van der Waals surface area contributed by atoms with Crippen LogP contribution in [-0.2, 0) is 0 Å². The number of carbonyl (C=O) groups excluding carboxylic acids is 1. The van der Waals surface area contributed by atoms with E-state index in [0.29, 0.717) is 6.04 Å². The van der Waals surface area contributed by atoms with Crippen LogP contribution in [0, 0.1) is 6.92 Å². The van der Waals surface area contributed by atoms with Gasteiger partial charge in [-0.15, -0.1) is 11.3 Å². The lowest BCUT2D eigenvalue weighted by atomic mass is 10.1. The third kappa shape index (κ3) is 2.69. The molecule has 1 N–H and O–H groups in total. The second-order valence-corrected chi connectivity index (χ2v) is 7.58. The van der Waals surface area contributed by atoms with Gasteiger partial charge in [-0.3, -0.25) is 4.79 Å². The summed E-state index contributed by atoms with van der Waals surface area (Å²) in [6.07, 6.45) is 8.71. The van der Waals surface area contributed by atoms with Crippen LogP contribution in [0.5, 0.6) is 0 Å². The third-order valence-corrected chi connectivity index (χ3v) is 6.21. The average molecular weight is 330 g/mol. The van der Waals surface area contributed by atoms with Gasteiger partial charge in [0, 0.05) is 19.1 Å². The number of thiophene rings is 1. The highest BCUT2D eigenvalue weighted by molar-refractivity contribution is 7.20. The van der Waals surface area contributed by atoms with Gasteiger partial charge in [0.05, 0.1) is 10.3 Å². The van der Waals surface area contributed by atoms with Crippen LogP contribution >= 0.6 is 11.3 Å². The minimum absolute atomic E-state index is 0.0600. The number of carbonyl (C=O) groups is 1. The van der Waals surface area contributed by atoms with Crippen molar-refractivity contribution in [1.29, 1.82) is 0 Å². The second kappa shape index (κ2) is 6.07. The Kier molecular flexibility index (Phi) is 3.93. The molecular weight excluding hydrogens is 308 g/mol. The SMILES string of the molecule is Cc1c(C(=O)NC2CCCC2)sc2ncnc(N3CCCC3)c12. The zero-order valence-electron chi connectivity index (χ0n) is 13.5. The standard InChI is InChI=1S/C17H22N4OS/c1-11-13-15(21-8-4-5-9-21)18-10-19-17(13)23-14(11)16(22)20-12-6-2-3-7-12/h10,12H,2-9H2,1H3,(H,20,22). The fourth-order valence-electron chi connectivity index (χ4n) is 3.76. The van der Waals surface area contributed by atoms with E-state index >= 15 is 0 Å². The van der Waals surface area contributed by atoms with Gasteiger partial charge in [0.25, 0.3) is 5.91 Å². The minimum atomic E-state index is 0.0600. The highest BCUT2D eigenvalue weighted by Gasteiger charge is 2.25. The molecule has 1 aliphatic heterocycles. The lowest BCUT2D eigenvalue weighted by Gasteiger charge is -2.17. The van der Waals surface area contributed by atoms with Crippen LogP contribution in [0.1, 0.15) is 53.8 Å². The smallest absolute Gasteiger partial charge is 0.261 e. The fraction of sp³-hybridized carbons (Fsp3) is 0.588. The Morgan fingerprint density at radius 1 is 1.22 bits per heavy atom. The Bertz CT molecular complexity index is 730. The van der Waals surface area contributed by atoms with Crippen molar-refractivity contribution in [2.45, 2.75) is 51.5 Å². The summed E-state index contributed by atoms with van der Waals surface area (Å²) >= 11 is 1.50. The van der Waals surface area contributed by atoms with E-state index in [2.05, 4.69) is 20.2 Å². The van der Waals surface area contributed by atoms with Crippen molar-refractivity contribution in [3.05, 3.63) is 16.8 Å². The lowest BCUT2D eigenvalue weighted by molar-refractivity contribution is 0.0941. The molecule has 1 saturated carbocycles. The molecule has 0 unspecified atom stereocenters. The van der Waals surface area contributed by atoms with Gasteiger partial charge in [-0.1, -0.05) is 12.8 Å². The Hall–Kier alpha value is -1.69. The summed E-state index contributed by atoms with van der Waals surface area (Å²) in [4.78, 5) is 25.6. The lowest BCUT2D eigenvalue weighted by Crippen LogP contribution is -2.32. The molecule has 5 nitrogen and oxygen atoms in total. The van der Waals surface area contributed by atoms with Crippen LogP contribution in [0.3, 0.4) is 0 Å². The summed E-state index contributed by atoms with van der Waals surface area (Å²) in [6.45, 7) is 4.13. The van der Waals surface area contributed by atoms with Gasteiger partial charge in [0.1, 0.15) is 17.0 Å². The maximum absolute atomic E-state index is 12.7. The molecule has 2 aliphatic rings. The summed E-state index contributed by atoms with van der Waals surface area (Å²) in [5.74, 6) is 1.06. The Morgan fingerprint density at radius 2 is 1.96 bits per heavy atom. The van der Waals surface area contributed by atoms with Gasteiger partial charge in [0.2, 0.25) is 0 Å². The molecule has 0 aromatic carbocycles. The van der Waals surface area contributed by atoms with Crippen molar-refractivity contribution < 1.29 is 4.79 Å². The van der Waals surface area contributed by atoms with Crippen LogP contribution in [0.2, 0.25) is 0 Å². The number of hydrogen-bond acceptors (Lipinski definition) is 5. The number of anilines is 1. The van der Waals surface area contributed by atoms with Gasteiger partial charge >= 0.3 is 0 Å². The zero-order valence-corrected chi connectivity index (χ0v) is 14.3. The zero-order chi connectivity index (χ0) is 15.8. The van der Waals surface area contributed by atoms with Gasteiger partial charge in [-0.05, 0) is 38.2 Å². The molecule has 6 heteroatoms. The molecule has 2 fully saturated rings. The maximum Gasteiger partial charge on any atom is 0.261 e. The fourth-order valence-corrected chi connectivity index (χ4v) is 4.81. The summed E-state index contributed by atoms with van der Waals surface area (Å²) in [6, 6.07) is 0.344. The molecule has 4 rings (SSSR count). The van der Waals surface area contributed by atoms with Crippen molar-refractivity contribution in [2.24, 2.45) is 0 Å². The van der Waals surface area contributed by atoms with Crippen LogP contribution in [0.25, 0.3) is 10.2 Å². The van der Waals surface area contributed by atoms with Crippen molar-refractivity contribution in [3.8, 4) is 0 Å². The normalized spacial score (nSPS) is 18.9.